The Morgan fingerprint density at radius 3 is 2.61 bits per heavy atom. The molecule has 1 fully saturated rings. The van der Waals surface area contributed by atoms with E-state index in [1.807, 2.05) is 19.2 Å². The molecule has 0 atom stereocenters. The quantitative estimate of drug-likeness (QED) is 0.670. The van der Waals surface area contributed by atoms with E-state index in [1.54, 1.807) is 7.11 Å². The first-order valence-electron chi connectivity index (χ1n) is 10.9. The number of morpholine rings is 1. The Balaban J connectivity index is 1.52. The zero-order chi connectivity index (χ0) is 21.6. The molecule has 0 unspecified atom stereocenters. The van der Waals surface area contributed by atoms with Gasteiger partial charge in [-0.25, -0.2) is 0 Å². The van der Waals surface area contributed by atoms with Crippen molar-refractivity contribution < 1.29 is 9.47 Å². The smallest absolute Gasteiger partial charge is 0.226 e. The van der Waals surface area contributed by atoms with E-state index in [2.05, 4.69) is 39.1 Å². The van der Waals surface area contributed by atoms with Crippen LogP contribution in [0.5, 0.6) is 5.75 Å². The molecule has 31 heavy (non-hydrogen) atoms. The first-order valence-corrected chi connectivity index (χ1v) is 10.9. The van der Waals surface area contributed by atoms with Gasteiger partial charge in [0.1, 0.15) is 17.4 Å². The second-order valence-corrected chi connectivity index (χ2v) is 7.85. The van der Waals surface area contributed by atoms with Gasteiger partial charge in [-0.1, -0.05) is 18.7 Å². The Morgan fingerprint density at radius 2 is 1.90 bits per heavy atom. The summed E-state index contributed by atoms with van der Waals surface area (Å²) in [5, 5.41) is 6.66. The number of aromatic nitrogens is 2. The first-order chi connectivity index (χ1) is 15.2. The van der Waals surface area contributed by atoms with Crippen molar-refractivity contribution in [2.45, 2.75) is 13.0 Å². The van der Waals surface area contributed by atoms with Gasteiger partial charge < -0.3 is 25.0 Å². The highest BCUT2D eigenvalue weighted by atomic mass is 16.5. The maximum absolute atomic E-state index is 5.42. The molecule has 166 valence electrons. The lowest BCUT2D eigenvalue weighted by Gasteiger charge is -2.32. The third-order valence-corrected chi connectivity index (χ3v) is 5.81. The molecule has 3 heterocycles. The molecule has 0 radical (unpaired) electrons. The lowest BCUT2D eigenvalue weighted by Crippen LogP contribution is -2.39. The number of ether oxygens (including phenoxy) is 2. The molecule has 4 rings (SSSR count). The van der Waals surface area contributed by atoms with Gasteiger partial charge >= 0.3 is 0 Å². The van der Waals surface area contributed by atoms with E-state index in [9.17, 15) is 0 Å². The Labute approximate surface area is 184 Å². The Morgan fingerprint density at radius 1 is 1.13 bits per heavy atom. The molecule has 8 nitrogen and oxygen atoms in total. The Kier molecular flexibility index (Phi) is 6.89. The summed E-state index contributed by atoms with van der Waals surface area (Å²) in [6.07, 6.45) is 0.894. The van der Waals surface area contributed by atoms with Crippen molar-refractivity contribution in [2.24, 2.45) is 0 Å². The molecule has 2 N–H and O–H groups in total. The third-order valence-electron chi connectivity index (χ3n) is 5.81. The number of hydrogen-bond donors (Lipinski definition) is 2. The van der Waals surface area contributed by atoms with Crippen LogP contribution in [-0.2, 0) is 11.3 Å². The number of rotatable bonds is 8. The molecule has 0 amide bonds. The topological polar surface area (TPSA) is 74.8 Å². The van der Waals surface area contributed by atoms with Gasteiger partial charge in [-0.05, 0) is 29.7 Å². The fourth-order valence-electron chi connectivity index (χ4n) is 4.02. The predicted octanol–water partition coefficient (Wildman–Crippen LogP) is 2.69. The van der Waals surface area contributed by atoms with Gasteiger partial charge in [0.05, 0.1) is 25.9 Å². The molecule has 1 aromatic carbocycles. The number of fused-ring (bicyclic) bond motifs is 1. The van der Waals surface area contributed by atoms with E-state index in [0.29, 0.717) is 5.95 Å². The second-order valence-electron chi connectivity index (χ2n) is 7.85. The van der Waals surface area contributed by atoms with E-state index >= 15 is 0 Å². The summed E-state index contributed by atoms with van der Waals surface area (Å²) in [7, 11) is 3.58. The lowest BCUT2D eigenvalue weighted by molar-refractivity contribution is 0.0398. The monoisotopic (exact) mass is 424 g/mol. The summed E-state index contributed by atoms with van der Waals surface area (Å²) in [4.78, 5) is 14.3. The van der Waals surface area contributed by atoms with Crippen molar-refractivity contribution in [1.82, 2.24) is 14.9 Å². The van der Waals surface area contributed by atoms with Crippen molar-refractivity contribution in [2.75, 3.05) is 75.6 Å². The molecule has 8 heteroatoms. The highest BCUT2D eigenvalue weighted by Gasteiger charge is 2.26. The Hall–Kier alpha value is -2.84. The lowest BCUT2D eigenvalue weighted by atomic mass is 10.00. The zero-order valence-electron chi connectivity index (χ0n) is 18.5. The van der Waals surface area contributed by atoms with Crippen LogP contribution in [0, 0.1) is 0 Å². The predicted molar refractivity (Wildman–Crippen MR) is 125 cm³/mol. The minimum atomic E-state index is 0.644. The van der Waals surface area contributed by atoms with Gasteiger partial charge in [0.25, 0.3) is 0 Å². The minimum absolute atomic E-state index is 0.644. The van der Waals surface area contributed by atoms with Crippen LogP contribution in [0.3, 0.4) is 0 Å². The molecule has 0 spiro atoms. The van der Waals surface area contributed by atoms with Gasteiger partial charge in [0, 0.05) is 46.3 Å². The van der Waals surface area contributed by atoms with Crippen molar-refractivity contribution in [1.29, 1.82) is 0 Å². The van der Waals surface area contributed by atoms with Crippen LogP contribution in [0.2, 0.25) is 0 Å². The number of methoxy groups -OCH3 is 1. The van der Waals surface area contributed by atoms with E-state index in [-0.39, 0.29) is 0 Å². The third kappa shape index (κ3) is 5.08. The average molecular weight is 425 g/mol. The van der Waals surface area contributed by atoms with Crippen LogP contribution < -0.4 is 20.3 Å². The largest absolute Gasteiger partial charge is 0.497 e. The van der Waals surface area contributed by atoms with Crippen LogP contribution in [0.15, 0.2) is 30.8 Å². The van der Waals surface area contributed by atoms with Crippen molar-refractivity contribution in [3.63, 3.8) is 0 Å². The number of nitrogens with zero attached hydrogens (tertiary/aromatic N) is 4. The maximum Gasteiger partial charge on any atom is 0.226 e. The van der Waals surface area contributed by atoms with Crippen molar-refractivity contribution in [3.05, 3.63) is 42.0 Å². The molecule has 0 bridgehead atoms. The highest BCUT2D eigenvalue weighted by Crippen LogP contribution is 2.38. The maximum atomic E-state index is 5.42. The zero-order valence-corrected chi connectivity index (χ0v) is 18.5. The summed E-state index contributed by atoms with van der Waals surface area (Å²) >= 11 is 0. The van der Waals surface area contributed by atoms with Gasteiger partial charge in [-0.3, -0.25) is 4.90 Å². The van der Waals surface area contributed by atoms with Crippen LogP contribution in [0.25, 0.3) is 5.57 Å². The fourth-order valence-corrected chi connectivity index (χ4v) is 4.02. The molecular weight excluding hydrogens is 392 g/mol. The summed E-state index contributed by atoms with van der Waals surface area (Å²) in [6.45, 7) is 11.2. The van der Waals surface area contributed by atoms with E-state index in [1.165, 1.54) is 5.56 Å². The normalized spacial score (nSPS) is 16.7. The SMILES string of the molecule is C=C1CCN(Cc2ccc(OC)cc2)c2nc(NCCN3CCOCC3)nc(NC)c21. The molecular formula is C23H32N6O2. The highest BCUT2D eigenvalue weighted by molar-refractivity contribution is 5.84. The van der Waals surface area contributed by atoms with Gasteiger partial charge in [0.15, 0.2) is 0 Å². The average Bonchev–Trinajstić information content (AvgIpc) is 2.81. The molecule has 1 saturated heterocycles. The number of nitrogens with one attached hydrogen (secondary N) is 2. The van der Waals surface area contributed by atoms with Crippen LogP contribution in [0.4, 0.5) is 17.6 Å². The molecule has 2 aromatic rings. The summed E-state index contributed by atoms with van der Waals surface area (Å²) in [6, 6.07) is 8.20. The summed E-state index contributed by atoms with van der Waals surface area (Å²) in [5.74, 6) is 3.26. The molecule has 0 aliphatic carbocycles. The Bertz CT molecular complexity index is 896. The number of hydrogen-bond acceptors (Lipinski definition) is 8. The van der Waals surface area contributed by atoms with E-state index in [0.717, 1.165) is 87.4 Å². The van der Waals surface area contributed by atoms with Crippen molar-refractivity contribution in [3.8, 4) is 5.75 Å². The van der Waals surface area contributed by atoms with E-state index < -0.39 is 0 Å². The molecule has 1 aromatic heterocycles. The van der Waals surface area contributed by atoms with Crippen LogP contribution >= 0.6 is 0 Å². The van der Waals surface area contributed by atoms with E-state index in [4.69, 9.17) is 19.4 Å². The van der Waals surface area contributed by atoms with Crippen LogP contribution in [-0.4, -0.2) is 75.0 Å². The summed E-state index contributed by atoms with van der Waals surface area (Å²) < 4.78 is 10.7. The number of benzene rings is 1. The first kappa shape index (κ1) is 21.4. The standard InChI is InChI=1S/C23H32N6O2/c1-17-8-10-29(16-18-4-6-19(30-3)7-5-18)22-20(17)21(24-2)26-23(27-22)25-9-11-28-12-14-31-15-13-28/h4-7H,1,8-16H2,2-3H3,(H2,24,25,26,27). The summed E-state index contributed by atoms with van der Waals surface area (Å²) in [5.41, 5.74) is 3.30. The number of anilines is 3. The molecule has 2 aliphatic heterocycles. The van der Waals surface area contributed by atoms with Crippen LogP contribution in [0.1, 0.15) is 17.5 Å². The minimum Gasteiger partial charge on any atom is -0.497 e. The van der Waals surface area contributed by atoms with Gasteiger partial charge in [0.2, 0.25) is 5.95 Å². The second kappa shape index (κ2) is 9.98. The fraction of sp³-hybridized carbons (Fsp3) is 0.478. The van der Waals surface area contributed by atoms with Crippen molar-refractivity contribution >= 4 is 23.2 Å². The molecule has 2 aliphatic rings. The van der Waals surface area contributed by atoms with Gasteiger partial charge in [-0.15, -0.1) is 0 Å². The van der Waals surface area contributed by atoms with Gasteiger partial charge in [-0.2, -0.15) is 9.97 Å². The molecule has 0 saturated carbocycles.